The van der Waals surface area contributed by atoms with Crippen molar-refractivity contribution in [2.45, 2.75) is 13.1 Å². The van der Waals surface area contributed by atoms with E-state index in [1.54, 1.807) is 18.2 Å². The van der Waals surface area contributed by atoms with E-state index in [4.69, 9.17) is 4.74 Å². The van der Waals surface area contributed by atoms with Crippen LogP contribution < -0.4 is 4.74 Å². The highest BCUT2D eigenvalue weighted by atomic mass is 19.4. The minimum absolute atomic E-state index is 0.0536. The predicted octanol–water partition coefficient (Wildman–Crippen LogP) is 3.14. The van der Waals surface area contributed by atoms with E-state index in [2.05, 4.69) is 15.3 Å². The van der Waals surface area contributed by atoms with Gasteiger partial charge in [-0.25, -0.2) is 0 Å². The second-order valence-corrected chi connectivity index (χ2v) is 4.65. The average molecular weight is 322 g/mol. The van der Waals surface area contributed by atoms with Gasteiger partial charge < -0.3 is 4.74 Å². The molecule has 23 heavy (non-hydrogen) atoms. The molecule has 0 saturated heterocycles. The van der Waals surface area contributed by atoms with E-state index >= 15 is 0 Å². The molecule has 0 bridgehead atoms. The van der Waals surface area contributed by atoms with Crippen molar-refractivity contribution in [3.63, 3.8) is 0 Å². The molecule has 3 aromatic rings. The van der Waals surface area contributed by atoms with Gasteiger partial charge in [-0.05, 0) is 25.1 Å². The number of carbonyl (C=O) groups is 1. The summed E-state index contributed by atoms with van der Waals surface area (Å²) in [6.07, 6.45) is -4.68. The normalized spacial score (nSPS) is 11.7. The fraction of sp³-hybridized carbons (Fsp3) is 0.143. The van der Waals surface area contributed by atoms with Crippen LogP contribution >= 0.6 is 0 Å². The Bertz CT molecular complexity index is 889. The first-order valence-electron chi connectivity index (χ1n) is 6.43. The molecule has 6 nitrogen and oxygen atoms in total. The zero-order valence-electron chi connectivity index (χ0n) is 11.7. The fourth-order valence-corrected chi connectivity index (χ4v) is 1.90. The van der Waals surface area contributed by atoms with E-state index in [9.17, 15) is 18.0 Å². The van der Waals surface area contributed by atoms with Crippen LogP contribution in [-0.4, -0.2) is 25.6 Å². The number of rotatable bonds is 3. The third-order valence-corrected chi connectivity index (χ3v) is 2.95. The van der Waals surface area contributed by atoms with E-state index in [1.165, 1.54) is 25.1 Å². The van der Waals surface area contributed by atoms with Crippen LogP contribution in [0.4, 0.5) is 13.2 Å². The summed E-state index contributed by atoms with van der Waals surface area (Å²) in [6.45, 7) is 1.40. The highest BCUT2D eigenvalue weighted by Gasteiger charge is 2.37. The number of halogens is 3. The molecule has 3 rings (SSSR count). The summed E-state index contributed by atoms with van der Waals surface area (Å²) in [5, 5.41) is 10.2. The molecule has 0 unspecified atom stereocenters. The fourth-order valence-electron chi connectivity index (χ4n) is 1.90. The predicted molar refractivity (Wildman–Crippen MR) is 72.3 cm³/mol. The molecule has 0 aliphatic carbocycles. The summed E-state index contributed by atoms with van der Waals surface area (Å²) in [6, 6.07) is 8.92. The first kappa shape index (κ1) is 14.9. The molecule has 0 saturated carbocycles. The number of hydrogen-bond donors (Lipinski definition) is 0. The SMILES string of the molecule is CC(=O)c1cccc(Oc2ccc3nnc(C(F)(F)F)n3n2)c1. The van der Waals surface area contributed by atoms with E-state index < -0.39 is 12.0 Å². The van der Waals surface area contributed by atoms with Crippen molar-refractivity contribution in [1.82, 2.24) is 19.8 Å². The van der Waals surface area contributed by atoms with Crippen LogP contribution in [0.25, 0.3) is 5.65 Å². The molecule has 0 aliphatic rings. The Balaban J connectivity index is 1.98. The maximum atomic E-state index is 12.8. The zero-order chi connectivity index (χ0) is 16.6. The van der Waals surface area contributed by atoms with Crippen LogP contribution in [0.1, 0.15) is 23.1 Å². The molecule has 0 fully saturated rings. The highest BCUT2D eigenvalue weighted by molar-refractivity contribution is 5.94. The number of hydrogen-bond acceptors (Lipinski definition) is 5. The number of fused-ring (bicyclic) bond motifs is 1. The Morgan fingerprint density at radius 1 is 1.17 bits per heavy atom. The van der Waals surface area contributed by atoms with Gasteiger partial charge in [0.05, 0.1) is 0 Å². The molecule has 0 spiro atoms. The molecule has 1 aromatic carbocycles. The number of benzene rings is 1. The van der Waals surface area contributed by atoms with E-state index in [0.29, 0.717) is 10.1 Å². The molecule has 0 amide bonds. The Labute approximate surface area is 127 Å². The molecular formula is C14H9F3N4O2. The van der Waals surface area contributed by atoms with Crippen molar-refractivity contribution in [3.05, 3.63) is 47.8 Å². The maximum absolute atomic E-state index is 12.8. The summed E-state index contributed by atoms with van der Waals surface area (Å²) < 4.78 is 44.4. The largest absolute Gasteiger partial charge is 0.453 e. The van der Waals surface area contributed by atoms with E-state index in [-0.39, 0.29) is 23.1 Å². The lowest BCUT2D eigenvalue weighted by Gasteiger charge is -2.07. The van der Waals surface area contributed by atoms with Crippen molar-refractivity contribution in [2.24, 2.45) is 0 Å². The summed E-state index contributed by atoms with van der Waals surface area (Å²) in [4.78, 5) is 11.3. The van der Waals surface area contributed by atoms with Crippen LogP contribution in [0.15, 0.2) is 36.4 Å². The Morgan fingerprint density at radius 2 is 1.96 bits per heavy atom. The van der Waals surface area contributed by atoms with Gasteiger partial charge in [-0.2, -0.15) is 17.7 Å². The van der Waals surface area contributed by atoms with Gasteiger partial charge in [-0.1, -0.05) is 12.1 Å². The van der Waals surface area contributed by atoms with Crippen LogP contribution in [0, 0.1) is 0 Å². The molecule has 2 heterocycles. The van der Waals surface area contributed by atoms with Crippen molar-refractivity contribution >= 4 is 11.4 Å². The smallest absolute Gasteiger partial charge is 0.438 e. The second kappa shape index (κ2) is 5.34. The van der Waals surface area contributed by atoms with Crippen molar-refractivity contribution in [1.29, 1.82) is 0 Å². The maximum Gasteiger partial charge on any atom is 0.453 e. The lowest BCUT2D eigenvalue weighted by molar-refractivity contribution is -0.146. The third kappa shape index (κ3) is 2.98. The van der Waals surface area contributed by atoms with Gasteiger partial charge in [0.25, 0.3) is 5.82 Å². The standard InChI is InChI=1S/C14H9F3N4O2/c1-8(22)9-3-2-4-10(7-9)23-12-6-5-11-18-19-13(14(15,16)17)21(11)20-12/h2-7H,1H3. The van der Waals surface area contributed by atoms with Gasteiger partial charge >= 0.3 is 6.18 Å². The van der Waals surface area contributed by atoms with Crippen molar-refractivity contribution in [2.75, 3.05) is 0 Å². The number of ketones is 1. The quantitative estimate of drug-likeness (QED) is 0.693. The number of ether oxygens (including phenoxy) is 1. The minimum atomic E-state index is -4.68. The molecular weight excluding hydrogens is 313 g/mol. The number of Topliss-reactive ketones (excluding diaryl/α,β-unsaturated/α-hetero) is 1. The van der Waals surface area contributed by atoms with Crippen LogP contribution in [0.3, 0.4) is 0 Å². The van der Waals surface area contributed by atoms with Crippen molar-refractivity contribution in [3.8, 4) is 11.6 Å². The molecule has 0 radical (unpaired) electrons. The van der Waals surface area contributed by atoms with Gasteiger partial charge in [0.15, 0.2) is 11.4 Å². The summed E-state index contributed by atoms with van der Waals surface area (Å²) in [5.41, 5.74) is 0.367. The first-order valence-corrected chi connectivity index (χ1v) is 6.43. The van der Waals surface area contributed by atoms with Crippen molar-refractivity contribution < 1.29 is 22.7 Å². The van der Waals surface area contributed by atoms with Gasteiger partial charge in [0, 0.05) is 11.6 Å². The Kier molecular flexibility index (Phi) is 3.47. The van der Waals surface area contributed by atoms with Gasteiger partial charge in [0.2, 0.25) is 5.88 Å². The molecule has 118 valence electrons. The number of aromatic nitrogens is 4. The first-order chi connectivity index (χ1) is 10.8. The lowest BCUT2D eigenvalue weighted by atomic mass is 10.1. The minimum Gasteiger partial charge on any atom is -0.438 e. The highest BCUT2D eigenvalue weighted by Crippen LogP contribution is 2.28. The molecule has 0 atom stereocenters. The zero-order valence-corrected chi connectivity index (χ0v) is 11.7. The monoisotopic (exact) mass is 322 g/mol. The molecule has 0 N–H and O–H groups in total. The van der Waals surface area contributed by atoms with E-state index in [0.717, 1.165) is 0 Å². The molecule has 9 heteroatoms. The summed E-state index contributed by atoms with van der Waals surface area (Å²) in [5.74, 6) is -1.19. The van der Waals surface area contributed by atoms with Crippen LogP contribution in [0.5, 0.6) is 11.6 Å². The lowest BCUT2D eigenvalue weighted by Crippen LogP contribution is -2.12. The Morgan fingerprint density at radius 3 is 2.65 bits per heavy atom. The van der Waals surface area contributed by atoms with E-state index in [1.807, 2.05) is 0 Å². The summed E-state index contributed by atoms with van der Waals surface area (Å²) >= 11 is 0. The van der Waals surface area contributed by atoms with Crippen LogP contribution in [0.2, 0.25) is 0 Å². The van der Waals surface area contributed by atoms with Gasteiger partial charge in [-0.15, -0.1) is 15.3 Å². The molecule has 0 aliphatic heterocycles. The molecule has 2 aromatic heterocycles. The Hall–Kier alpha value is -2.97. The topological polar surface area (TPSA) is 69.4 Å². The number of alkyl halides is 3. The number of carbonyl (C=O) groups excluding carboxylic acids is 1. The summed E-state index contributed by atoms with van der Waals surface area (Å²) in [7, 11) is 0. The third-order valence-electron chi connectivity index (χ3n) is 2.95. The van der Waals surface area contributed by atoms with Gasteiger partial charge in [0.1, 0.15) is 5.75 Å². The average Bonchev–Trinajstić information content (AvgIpc) is 2.90. The second-order valence-electron chi connectivity index (χ2n) is 4.65. The number of nitrogens with zero attached hydrogens (tertiary/aromatic N) is 4. The van der Waals surface area contributed by atoms with Gasteiger partial charge in [-0.3, -0.25) is 4.79 Å². The van der Waals surface area contributed by atoms with Crippen LogP contribution in [-0.2, 0) is 6.18 Å².